The molecule has 2 heterocycles. The molecule has 2 aromatic heterocycles. The van der Waals surface area contributed by atoms with E-state index in [1.54, 1.807) is 6.33 Å². The normalized spacial score (nSPS) is 11.4. The monoisotopic (exact) mass is 282 g/mol. The van der Waals surface area contributed by atoms with Gasteiger partial charge in [0, 0.05) is 13.1 Å². The van der Waals surface area contributed by atoms with Gasteiger partial charge in [-0.1, -0.05) is 0 Å². The molecule has 0 unspecified atom stereocenters. The second kappa shape index (κ2) is 6.16. The van der Waals surface area contributed by atoms with E-state index in [2.05, 4.69) is 50.8 Å². The van der Waals surface area contributed by atoms with E-state index in [1.165, 1.54) is 0 Å². The minimum absolute atomic E-state index is 0.237. The van der Waals surface area contributed by atoms with Crippen molar-refractivity contribution >= 4 is 28.6 Å². The van der Waals surface area contributed by atoms with Gasteiger partial charge in [-0.15, -0.1) is 0 Å². The first-order chi connectivity index (χ1) is 9.11. The molecule has 0 atom stereocenters. The number of halogens is 1. The Bertz CT molecular complexity index is 538. The van der Waals surface area contributed by atoms with Crippen LogP contribution >= 0.6 is 11.6 Å². The summed E-state index contributed by atoms with van der Waals surface area (Å²) >= 11 is 5.96. The standard InChI is InChI=1S/C12H19ClN6/c1-4-19(7-5-6-18(2)3)11-9-10(15-8-14-9)16-12(13)17-11/h8H,4-7H2,1-3H3,(H,14,15,16,17). The van der Waals surface area contributed by atoms with Gasteiger partial charge in [-0.2, -0.15) is 9.97 Å². The molecular formula is C12H19ClN6. The van der Waals surface area contributed by atoms with Gasteiger partial charge in [-0.3, -0.25) is 0 Å². The summed E-state index contributed by atoms with van der Waals surface area (Å²) in [5.74, 6) is 0.828. The van der Waals surface area contributed by atoms with Gasteiger partial charge in [0.25, 0.3) is 0 Å². The van der Waals surface area contributed by atoms with Crippen molar-refractivity contribution in [2.45, 2.75) is 13.3 Å². The molecule has 0 spiro atoms. The van der Waals surface area contributed by atoms with Crippen LogP contribution in [0.1, 0.15) is 13.3 Å². The summed E-state index contributed by atoms with van der Waals surface area (Å²) in [6, 6.07) is 0. The first kappa shape index (κ1) is 14.0. The molecule has 19 heavy (non-hydrogen) atoms. The molecule has 0 aliphatic rings. The predicted octanol–water partition coefficient (Wildman–Crippen LogP) is 1.78. The molecule has 0 aromatic carbocycles. The van der Waals surface area contributed by atoms with Crippen LogP contribution in [0.3, 0.4) is 0 Å². The zero-order valence-electron chi connectivity index (χ0n) is 11.5. The molecule has 0 aliphatic heterocycles. The first-order valence-corrected chi connectivity index (χ1v) is 6.76. The number of nitrogens with zero attached hydrogens (tertiary/aromatic N) is 5. The first-order valence-electron chi connectivity index (χ1n) is 6.38. The van der Waals surface area contributed by atoms with E-state index in [9.17, 15) is 0 Å². The molecule has 7 heteroatoms. The van der Waals surface area contributed by atoms with Crippen molar-refractivity contribution in [2.24, 2.45) is 0 Å². The summed E-state index contributed by atoms with van der Waals surface area (Å²) in [6.45, 7) is 4.94. The SMILES string of the molecule is CCN(CCCN(C)C)c1nc(Cl)nc2nc[nH]c12. The van der Waals surface area contributed by atoms with E-state index in [1.807, 2.05) is 0 Å². The molecule has 104 valence electrons. The fourth-order valence-corrected chi connectivity index (χ4v) is 2.17. The van der Waals surface area contributed by atoms with Gasteiger partial charge in [0.05, 0.1) is 6.33 Å². The molecule has 0 amide bonds. The van der Waals surface area contributed by atoms with Crippen molar-refractivity contribution < 1.29 is 0 Å². The van der Waals surface area contributed by atoms with Gasteiger partial charge in [0.15, 0.2) is 11.5 Å². The van der Waals surface area contributed by atoms with Crippen LogP contribution in [0.15, 0.2) is 6.33 Å². The van der Waals surface area contributed by atoms with Gasteiger partial charge in [0.1, 0.15) is 5.52 Å². The van der Waals surface area contributed by atoms with Crippen LogP contribution in [0.2, 0.25) is 5.28 Å². The minimum atomic E-state index is 0.237. The zero-order chi connectivity index (χ0) is 13.8. The Kier molecular flexibility index (Phi) is 4.55. The lowest BCUT2D eigenvalue weighted by atomic mass is 10.3. The van der Waals surface area contributed by atoms with Crippen molar-refractivity contribution in [3.8, 4) is 0 Å². The highest BCUT2D eigenvalue weighted by atomic mass is 35.5. The number of nitrogens with one attached hydrogen (secondary N) is 1. The third kappa shape index (κ3) is 3.33. The average Bonchev–Trinajstić information content (AvgIpc) is 2.81. The Morgan fingerprint density at radius 3 is 2.74 bits per heavy atom. The van der Waals surface area contributed by atoms with Crippen LogP contribution in [0.5, 0.6) is 0 Å². The van der Waals surface area contributed by atoms with E-state index in [0.717, 1.165) is 37.4 Å². The number of aromatic nitrogens is 4. The highest BCUT2D eigenvalue weighted by molar-refractivity contribution is 6.28. The molecule has 0 saturated heterocycles. The molecule has 6 nitrogen and oxygen atoms in total. The fraction of sp³-hybridized carbons (Fsp3) is 0.583. The van der Waals surface area contributed by atoms with Crippen LogP contribution in [0.4, 0.5) is 5.82 Å². The summed E-state index contributed by atoms with van der Waals surface area (Å²) in [4.78, 5) is 20.0. The van der Waals surface area contributed by atoms with Crippen molar-refractivity contribution in [3.05, 3.63) is 11.6 Å². The quantitative estimate of drug-likeness (QED) is 0.819. The minimum Gasteiger partial charge on any atom is -0.355 e. The molecule has 2 aromatic rings. The number of rotatable bonds is 6. The average molecular weight is 283 g/mol. The number of aromatic amines is 1. The number of imidazole rings is 1. The zero-order valence-corrected chi connectivity index (χ0v) is 12.3. The molecule has 0 bridgehead atoms. The van der Waals surface area contributed by atoms with Crippen LogP contribution in [0.25, 0.3) is 11.2 Å². The van der Waals surface area contributed by atoms with Crippen LogP contribution in [-0.2, 0) is 0 Å². The molecule has 1 N–H and O–H groups in total. The highest BCUT2D eigenvalue weighted by Crippen LogP contribution is 2.22. The molecule has 0 aliphatic carbocycles. The Hall–Kier alpha value is -1.40. The Morgan fingerprint density at radius 1 is 1.26 bits per heavy atom. The maximum Gasteiger partial charge on any atom is 0.226 e. The summed E-state index contributed by atoms with van der Waals surface area (Å²) < 4.78 is 0. The summed E-state index contributed by atoms with van der Waals surface area (Å²) in [6.07, 6.45) is 2.69. The fourth-order valence-electron chi connectivity index (χ4n) is 2.01. The smallest absolute Gasteiger partial charge is 0.226 e. The lowest BCUT2D eigenvalue weighted by molar-refractivity contribution is 0.400. The number of anilines is 1. The van der Waals surface area contributed by atoms with Crippen LogP contribution in [0, 0.1) is 0 Å². The molecule has 0 radical (unpaired) electrons. The largest absolute Gasteiger partial charge is 0.355 e. The van der Waals surface area contributed by atoms with Gasteiger partial charge in [-0.05, 0) is 45.6 Å². The van der Waals surface area contributed by atoms with E-state index in [-0.39, 0.29) is 5.28 Å². The van der Waals surface area contributed by atoms with Gasteiger partial charge in [0.2, 0.25) is 5.28 Å². The van der Waals surface area contributed by atoms with Crippen molar-refractivity contribution in [3.63, 3.8) is 0 Å². The Morgan fingerprint density at radius 2 is 2.05 bits per heavy atom. The van der Waals surface area contributed by atoms with Gasteiger partial charge in [-0.25, -0.2) is 4.98 Å². The van der Waals surface area contributed by atoms with Crippen LogP contribution < -0.4 is 4.90 Å². The number of fused-ring (bicyclic) bond motifs is 1. The maximum absolute atomic E-state index is 5.96. The topological polar surface area (TPSA) is 60.9 Å². The van der Waals surface area contributed by atoms with E-state index < -0.39 is 0 Å². The second-order valence-electron chi connectivity index (χ2n) is 4.65. The lowest BCUT2D eigenvalue weighted by Gasteiger charge is -2.23. The summed E-state index contributed by atoms with van der Waals surface area (Å²) in [5.41, 5.74) is 1.46. The Labute approximate surface area is 117 Å². The maximum atomic E-state index is 5.96. The second-order valence-corrected chi connectivity index (χ2v) is 4.99. The molecule has 0 saturated carbocycles. The van der Waals surface area contributed by atoms with Crippen molar-refractivity contribution in [2.75, 3.05) is 38.6 Å². The Balaban J connectivity index is 2.22. The third-order valence-corrected chi connectivity index (χ3v) is 3.12. The van der Waals surface area contributed by atoms with Gasteiger partial charge < -0.3 is 14.8 Å². The van der Waals surface area contributed by atoms with E-state index >= 15 is 0 Å². The lowest BCUT2D eigenvalue weighted by Crippen LogP contribution is -2.28. The van der Waals surface area contributed by atoms with E-state index in [4.69, 9.17) is 11.6 Å². The van der Waals surface area contributed by atoms with Crippen molar-refractivity contribution in [1.29, 1.82) is 0 Å². The number of hydrogen-bond acceptors (Lipinski definition) is 5. The number of H-pyrrole nitrogens is 1. The predicted molar refractivity (Wildman–Crippen MR) is 77.8 cm³/mol. The highest BCUT2D eigenvalue weighted by Gasteiger charge is 2.14. The molecule has 0 fully saturated rings. The van der Waals surface area contributed by atoms with Gasteiger partial charge >= 0.3 is 0 Å². The van der Waals surface area contributed by atoms with Crippen LogP contribution in [-0.4, -0.2) is 58.6 Å². The summed E-state index contributed by atoms with van der Waals surface area (Å²) in [7, 11) is 4.15. The summed E-state index contributed by atoms with van der Waals surface area (Å²) in [5, 5.41) is 0.237. The molecular weight excluding hydrogens is 264 g/mol. The third-order valence-electron chi connectivity index (χ3n) is 2.95. The number of hydrogen-bond donors (Lipinski definition) is 1. The van der Waals surface area contributed by atoms with Crippen molar-refractivity contribution in [1.82, 2.24) is 24.8 Å². The van der Waals surface area contributed by atoms with E-state index in [0.29, 0.717) is 5.65 Å². The molecule has 2 rings (SSSR count).